The van der Waals surface area contributed by atoms with Gasteiger partial charge in [0, 0.05) is 38.1 Å². The fourth-order valence-corrected chi connectivity index (χ4v) is 3.37. The third-order valence-electron chi connectivity index (χ3n) is 4.83. The number of halogens is 1. The lowest BCUT2D eigenvalue weighted by atomic mass is 10.0. The molecule has 2 rings (SSSR count). The molecule has 6 heteroatoms. The lowest BCUT2D eigenvalue weighted by molar-refractivity contribution is -0.133. The van der Waals surface area contributed by atoms with Gasteiger partial charge in [-0.25, -0.2) is 0 Å². The number of carbonyl (C=O) groups excluding carboxylic acids is 1. The van der Waals surface area contributed by atoms with Crippen molar-refractivity contribution in [1.82, 2.24) is 15.5 Å². The van der Waals surface area contributed by atoms with E-state index in [4.69, 9.17) is 4.99 Å². The first-order valence-corrected chi connectivity index (χ1v) is 9.80. The molecule has 0 radical (unpaired) electrons. The highest BCUT2D eigenvalue weighted by Crippen LogP contribution is 2.13. The number of nitrogens with zero attached hydrogens (tertiary/aromatic N) is 2. The minimum atomic E-state index is 0. The summed E-state index contributed by atoms with van der Waals surface area (Å²) in [6.45, 7) is 13.5. The zero-order chi connectivity index (χ0) is 19.1. The van der Waals surface area contributed by atoms with Gasteiger partial charge < -0.3 is 15.5 Å². The van der Waals surface area contributed by atoms with Crippen molar-refractivity contribution < 1.29 is 4.79 Å². The summed E-state index contributed by atoms with van der Waals surface area (Å²) in [5, 5.41) is 6.82. The Hall–Kier alpha value is -1.31. The molecule has 1 heterocycles. The Kier molecular flexibility index (Phi) is 10.1. The summed E-state index contributed by atoms with van der Waals surface area (Å²) < 4.78 is 0. The van der Waals surface area contributed by atoms with E-state index in [2.05, 4.69) is 49.6 Å². The van der Waals surface area contributed by atoms with Crippen molar-refractivity contribution in [2.45, 2.75) is 53.5 Å². The third kappa shape index (κ3) is 7.31. The second-order valence-corrected chi connectivity index (χ2v) is 7.51. The molecule has 27 heavy (non-hydrogen) atoms. The van der Waals surface area contributed by atoms with Gasteiger partial charge in [-0.2, -0.15) is 0 Å². The molecule has 2 N–H and O–H groups in total. The molecule has 152 valence electrons. The largest absolute Gasteiger partial charge is 0.357 e. The predicted molar refractivity (Wildman–Crippen MR) is 124 cm³/mol. The number of aliphatic imine (C=N–C) groups is 1. The SMILES string of the molecule is CCNC(=NCCc1ccc(C)cc1C)NC1CCN(C(=O)C(C)C)C1.I. The number of aryl methyl sites for hydroxylation is 2. The van der Waals surface area contributed by atoms with E-state index >= 15 is 0 Å². The monoisotopic (exact) mass is 486 g/mol. The highest BCUT2D eigenvalue weighted by Gasteiger charge is 2.27. The molecule has 1 aliphatic rings. The molecule has 1 atom stereocenters. The Balaban J connectivity index is 0.00000364. The summed E-state index contributed by atoms with van der Waals surface area (Å²) in [5.74, 6) is 1.15. The van der Waals surface area contributed by atoms with E-state index in [1.165, 1.54) is 16.7 Å². The number of nitrogens with one attached hydrogen (secondary N) is 2. The van der Waals surface area contributed by atoms with Crippen LogP contribution in [0.2, 0.25) is 0 Å². The van der Waals surface area contributed by atoms with Crippen LogP contribution in [0.1, 0.15) is 43.9 Å². The minimum Gasteiger partial charge on any atom is -0.357 e. The molecule has 1 fully saturated rings. The second kappa shape index (κ2) is 11.5. The molecular formula is C21H35IN4O. The molecule has 1 unspecified atom stereocenters. The van der Waals surface area contributed by atoms with E-state index in [9.17, 15) is 4.79 Å². The highest BCUT2D eigenvalue weighted by molar-refractivity contribution is 14.0. The summed E-state index contributed by atoms with van der Waals surface area (Å²) in [5.41, 5.74) is 3.98. The average molecular weight is 486 g/mol. The second-order valence-electron chi connectivity index (χ2n) is 7.51. The maximum absolute atomic E-state index is 12.1. The fraction of sp³-hybridized carbons (Fsp3) is 0.619. The Bertz CT molecular complexity index is 645. The molecule has 5 nitrogen and oxygen atoms in total. The summed E-state index contributed by atoms with van der Waals surface area (Å²) in [4.78, 5) is 18.8. The van der Waals surface area contributed by atoms with Crippen LogP contribution in [-0.2, 0) is 11.2 Å². The van der Waals surface area contributed by atoms with Crippen LogP contribution in [0.5, 0.6) is 0 Å². The van der Waals surface area contributed by atoms with E-state index in [0.717, 1.165) is 45.0 Å². The number of rotatable bonds is 6. The Morgan fingerprint density at radius 1 is 1.33 bits per heavy atom. The van der Waals surface area contributed by atoms with Gasteiger partial charge in [0.05, 0.1) is 0 Å². The van der Waals surface area contributed by atoms with E-state index in [0.29, 0.717) is 0 Å². The lowest BCUT2D eigenvalue weighted by Crippen LogP contribution is -2.45. The first kappa shape index (κ1) is 23.7. The first-order valence-electron chi connectivity index (χ1n) is 9.80. The van der Waals surface area contributed by atoms with E-state index in [1.54, 1.807) is 0 Å². The van der Waals surface area contributed by atoms with E-state index in [-0.39, 0.29) is 41.8 Å². The summed E-state index contributed by atoms with van der Waals surface area (Å²) in [6.07, 6.45) is 1.91. The average Bonchev–Trinajstić information content (AvgIpc) is 3.04. The Morgan fingerprint density at radius 3 is 2.70 bits per heavy atom. The van der Waals surface area contributed by atoms with Gasteiger partial charge in [0.15, 0.2) is 5.96 Å². The van der Waals surface area contributed by atoms with E-state index < -0.39 is 0 Å². The molecule has 1 amide bonds. The topological polar surface area (TPSA) is 56.7 Å². The normalized spacial score (nSPS) is 17.0. The smallest absolute Gasteiger partial charge is 0.225 e. The molecule has 1 aromatic rings. The molecule has 0 spiro atoms. The van der Waals surface area contributed by atoms with Crippen LogP contribution in [0.4, 0.5) is 0 Å². The van der Waals surface area contributed by atoms with Crippen LogP contribution in [0.3, 0.4) is 0 Å². The van der Waals surface area contributed by atoms with Gasteiger partial charge in [-0.05, 0) is 44.7 Å². The number of hydrogen-bond donors (Lipinski definition) is 2. The summed E-state index contributed by atoms with van der Waals surface area (Å²) >= 11 is 0. The van der Waals surface area contributed by atoms with Gasteiger partial charge in [0.2, 0.25) is 5.91 Å². The number of guanidine groups is 1. The number of amides is 1. The van der Waals surface area contributed by atoms with Crippen molar-refractivity contribution in [3.63, 3.8) is 0 Å². The quantitative estimate of drug-likeness (QED) is 0.369. The van der Waals surface area contributed by atoms with Gasteiger partial charge >= 0.3 is 0 Å². The van der Waals surface area contributed by atoms with Gasteiger partial charge in [0.1, 0.15) is 0 Å². The van der Waals surface area contributed by atoms with Gasteiger partial charge in [-0.15, -0.1) is 24.0 Å². The third-order valence-corrected chi connectivity index (χ3v) is 4.83. The van der Waals surface area contributed by atoms with Crippen LogP contribution < -0.4 is 10.6 Å². The standard InChI is InChI=1S/C21H34N4O.HI/c1-6-22-21(23-11-9-18-8-7-16(4)13-17(18)5)24-19-10-12-25(14-19)20(26)15(2)3;/h7-8,13,15,19H,6,9-12,14H2,1-5H3,(H2,22,23,24);1H. The van der Waals surface area contributed by atoms with Crippen molar-refractivity contribution in [1.29, 1.82) is 0 Å². The molecular weight excluding hydrogens is 451 g/mol. The zero-order valence-corrected chi connectivity index (χ0v) is 19.7. The van der Waals surface area contributed by atoms with Crippen LogP contribution in [-0.4, -0.2) is 49.0 Å². The van der Waals surface area contributed by atoms with Crippen molar-refractivity contribution in [3.8, 4) is 0 Å². The Labute approximate surface area is 181 Å². The van der Waals surface area contributed by atoms with Crippen LogP contribution in [0.25, 0.3) is 0 Å². The maximum atomic E-state index is 12.1. The molecule has 1 aliphatic heterocycles. The highest BCUT2D eigenvalue weighted by atomic mass is 127. The number of benzene rings is 1. The van der Waals surface area contributed by atoms with Crippen LogP contribution >= 0.6 is 24.0 Å². The van der Waals surface area contributed by atoms with Crippen molar-refractivity contribution in [3.05, 3.63) is 34.9 Å². The zero-order valence-electron chi connectivity index (χ0n) is 17.3. The van der Waals surface area contributed by atoms with Gasteiger partial charge in [-0.3, -0.25) is 9.79 Å². The van der Waals surface area contributed by atoms with Gasteiger partial charge in [0.25, 0.3) is 0 Å². The molecule has 0 bridgehead atoms. The summed E-state index contributed by atoms with van der Waals surface area (Å²) in [6, 6.07) is 6.86. The van der Waals surface area contributed by atoms with Crippen molar-refractivity contribution >= 4 is 35.8 Å². The number of hydrogen-bond acceptors (Lipinski definition) is 2. The van der Waals surface area contributed by atoms with Crippen LogP contribution in [0, 0.1) is 19.8 Å². The fourth-order valence-electron chi connectivity index (χ4n) is 3.37. The molecule has 0 saturated carbocycles. The molecule has 1 saturated heterocycles. The van der Waals surface area contributed by atoms with Crippen molar-refractivity contribution in [2.75, 3.05) is 26.2 Å². The molecule has 1 aromatic carbocycles. The predicted octanol–water partition coefficient (Wildman–Crippen LogP) is 3.28. The van der Waals surface area contributed by atoms with Crippen molar-refractivity contribution in [2.24, 2.45) is 10.9 Å². The number of carbonyl (C=O) groups is 1. The molecule has 0 aliphatic carbocycles. The molecule has 0 aromatic heterocycles. The van der Waals surface area contributed by atoms with Gasteiger partial charge in [-0.1, -0.05) is 37.6 Å². The maximum Gasteiger partial charge on any atom is 0.225 e. The number of likely N-dealkylation sites (tertiary alicyclic amines) is 1. The minimum absolute atomic E-state index is 0. The van der Waals surface area contributed by atoms with Crippen LogP contribution in [0.15, 0.2) is 23.2 Å². The van der Waals surface area contributed by atoms with E-state index in [1.807, 2.05) is 18.7 Å². The summed E-state index contributed by atoms with van der Waals surface area (Å²) in [7, 11) is 0. The lowest BCUT2D eigenvalue weighted by Gasteiger charge is -2.20. The first-order chi connectivity index (χ1) is 12.4. The Morgan fingerprint density at radius 2 is 2.07 bits per heavy atom.